The standard InChI is InChI=1S/C9H11NO2.HO3P/c1-7-4-3-5-8(6-7)12-9(11)10-2;1-4(2)3/h3-6H,1-2H3,(H,10,11);(H-,1,2,3)/p+1. The topological polar surface area (TPSA) is 95.9 Å². The summed E-state index contributed by atoms with van der Waals surface area (Å²) in [7, 11) is -1.34. The number of nitrogens with one attached hydrogen (secondary N) is 1. The van der Waals surface area contributed by atoms with E-state index in [1.807, 2.05) is 19.1 Å². The molecule has 0 aromatic heterocycles. The Kier molecular flexibility index (Phi) is 7.03. The molecular formula is C9H13NO5P+. The Balaban J connectivity index is 0.000000487. The molecule has 1 rings (SSSR count). The van der Waals surface area contributed by atoms with Crippen LogP contribution in [0.2, 0.25) is 0 Å². The van der Waals surface area contributed by atoms with Crippen molar-refractivity contribution in [1.82, 2.24) is 5.32 Å². The average molecular weight is 246 g/mol. The number of aryl methyl sites for hydroxylation is 1. The van der Waals surface area contributed by atoms with E-state index in [0.29, 0.717) is 5.75 Å². The van der Waals surface area contributed by atoms with Crippen LogP contribution in [0.4, 0.5) is 4.79 Å². The van der Waals surface area contributed by atoms with Crippen molar-refractivity contribution in [2.45, 2.75) is 6.92 Å². The second-order valence-electron chi connectivity index (χ2n) is 2.71. The summed E-state index contributed by atoms with van der Waals surface area (Å²) in [6.45, 7) is 1.94. The third kappa shape index (κ3) is 7.87. The molecule has 0 aliphatic carbocycles. The number of rotatable bonds is 1. The van der Waals surface area contributed by atoms with Gasteiger partial charge in [-0.15, -0.1) is 9.79 Å². The molecule has 0 atom stereocenters. The van der Waals surface area contributed by atoms with Gasteiger partial charge in [-0.1, -0.05) is 12.1 Å². The normalized spacial score (nSPS) is 8.50. The first-order valence-corrected chi connectivity index (χ1v) is 5.43. The molecule has 7 heteroatoms. The first-order valence-electron chi connectivity index (χ1n) is 4.27. The van der Waals surface area contributed by atoms with Gasteiger partial charge in [-0.25, -0.2) is 4.79 Å². The lowest BCUT2D eigenvalue weighted by Crippen LogP contribution is -2.21. The number of benzene rings is 1. The third-order valence-electron chi connectivity index (χ3n) is 1.40. The third-order valence-corrected chi connectivity index (χ3v) is 1.40. The molecule has 1 amide bonds. The van der Waals surface area contributed by atoms with Crippen LogP contribution in [-0.2, 0) is 4.57 Å². The first kappa shape index (κ1) is 14.5. The molecule has 0 radical (unpaired) electrons. The highest BCUT2D eigenvalue weighted by molar-refractivity contribution is 7.30. The van der Waals surface area contributed by atoms with Crippen LogP contribution in [0.15, 0.2) is 24.3 Å². The molecule has 88 valence electrons. The van der Waals surface area contributed by atoms with Gasteiger partial charge >= 0.3 is 14.3 Å². The maximum atomic E-state index is 10.8. The molecule has 0 aliphatic heterocycles. The highest BCUT2D eigenvalue weighted by Gasteiger charge is 1.99. The molecule has 16 heavy (non-hydrogen) atoms. The van der Waals surface area contributed by atoms with Gasteiger partial charge in [-0.05, 0) is 24.6 Å². The number of carbonyl (C=O) groups excluding carboxylic acids is 1. The number of carbonyl (C=O) groups is 1. The minimum atomic E-state index is -2.87. The van der Waals surface area contributed by atoms with Crippen molar-refractivity contribution in [1.29, 1.82) is 0 Å². The molecule has 3 N–H and O–H groups in total. The summed E-state index contributed by atoms with van der Waals surface area (Å²) in [6.07, 6.45) is -0.444. The van der Waals surface area contributed by atoms with Gasteiger partial charge in [-0.2, -0.15) is 0 Å². The zero-order valence-corrected chi connectivity index (χ0v) is 9.77. The van der Waals surface area contributed by atoms with Crippen LogP contribution in [0.3, 0.4) is 0 Å². The van der Waals surface area contributed by atoms with Crippen LogP contribution >= 0.6 is 8.25 Å². The van der Waals surface area contributed by atoms with E-state index >= 15 is 0 Å². The molecular weight excluding hydrogens is 233 g/mol. The lowest BCUT2D eigenvalue weighted by molar-refractivity contribution is 0.203. The molecule has 0 unspecified atom stereocenters. The van der Waals surface area contributed by atoms with E-state index in [1.54, 1.807) is 12.1 Å². The van der Waals surface area contributed by atoms with Crippen LogP contribution in [0, 0.1) is 6.92 Å². The summed E-state index contributed by atoms with van der Waals surface area (Å²) < 4.78 is 13.6. The van der Waals surface area contributed by atoms with Crippen molar-refractivity contribution in [3.8, 4) is 5.75 Å². The van der Waals surface area contributed by atoms with E-state index in [-0.39, 0.29) is 0 Å². The van der Waals surface area contributed by atoms with Crippen molar-refractivity contribution in [3.63, 3.8) is 0 Å². The predicted octanol–water partition coefficient (Wildman–Crippen LogP) is 1.34. The smallest absolute Gasteiger partial charge is 0.410 e. The van der Waals surface area contributed by atoms with E-state index in [1.165, 1.54) is 7.05 Å². The number of hydrogen-bond donors (Lipinski definition) is 3. The summed E-state index contributed by atoms with van der Waals surface area (Å²) in [6, 6.07) is 7.32. The zero-order valence-electron chi connectivity index (χ0n) is 8.88. The van der Waals surface area contributed by atoms with Gasteiger partial charge in [0.2, 0.25) is 0 Å². The van der Waals surface area contributed by atoms with Gasteiger partial charge in [0.15, 0.2) is 0 Å². The summed E-state index contributed by atoms with van der Waals surface area (Å²) in [4.78, 5) is 25.0. The average Bonchev–Trinajstić information content (AvgIpc) is 2.16. The van der Waals surface area contributed by atoms with E-state index in [2.05, 4.69) is 5.32 Å². The minimum Gasteiger partial charge on any atom is -0.410 e. The molecule has 0 fully saturated rings. The van der Waals surface area contributed by atoms with Gasteiger partial charge in [0.1, 0.15) is 5.75 Å². The Bertz CT molecular complexity index is 365. The molecule has 0 spiro atoms. The fraction of sp³-hybridized carbons (Fsp3) is 0.222. The molecule has 1 aromatic rings. The van der Waals surface area contributed by atoms with Crippen molar-refractivity contribution in [2.75, 3.05) is 7.05 Å². The Morgan fingerprint density at radius 1 is 1.44 bits per heavy atom. The highest BCUT2D eigenvalue weighted by atomic mass is 31.1. The van der Waals surface area contributed by atoms with Crippen LogP contribution in [0.5, 0.6) is 5.75 Å². The SMILES string of the molecule is CNC(=O)Oc1cccc(C)c1.O=[P+](O)O. The monoisotopic (exact) mass is 246 g/mol. The Labute approximate surface area is 93.8 Å². The molecule has 1 aromatic carbocycles. The highest BCUT2D eigenvalue weighted by Crippen LogP contribution is 2.11. The fourth-order valence-corrected chi connectivity index (χ4v) is 0.837. The Hall–Kier alpha value is -1.49. The van der Waals surface area contributed by atoms with Gasteiger partial charge in [0, 0.05) is 11.6 Å². The summed E-state index contributed by atoms with van der Waals surface area (Å²) in [5.41, 5.74) is 1.07. The van der Waals surface area contributed by atoms with Gasteiger partial charge in [0.05, 0.1) is 0 Å². The predicted molar refractivity (Wildman–Crippen MR) is 58.3 cm³/mol. The molecule has 0 saturated carbocycles. The van der Waals surface area contributed by atoms with Crippen molar-refractivity contribution in [2.24, 2.45) is 0 Å². The van der Waals surface area contributed by atoms with Crippen molar-refractivity contribution in [3.05, 3.63) is 29.8 Å². The molecule has 0 heterocycles. The fourth-order valence-electron chi connectivity index (χ4n) is 0.837. The van der Waals surface area contributed by atoms with E-state index in [0.717, 1.165) is 5.56 Å². The van der Waals surface area contributed by atoms with E-state index < -0.39 is 14.3 Å². The number of ether oxygens (including phenoxy) is 1. The van der Waals surface area contributed by atoms with Crippen molar-refractivity contribution >= 4 is 14.3 Å². The first-order chi connectivity index (χ1) is 7.45. The van der Waals surface area contributed by atoms with Crippen molar-refractivity contribution < 1.29 is 23.9 Å². The van der Waals surface area contributed by atoms with Crippen LogP contribution < -0.4 is 10.1 Å². The second kappa shape index (κ2) is 7.76. The van der Waals surface area contributed by atoms with Gasteiger partial charge in [-0.3, -0.25) is 0 Å². The number of amides is 1. The second-order valence-corrected chi connectivity index (χ2v) is 3.21. The molecule has 6 nitrogen and oxygen atoms in total. The minimum absolute atomic E-state index is 0.444. The Morgan fingerprint density at radius 2 is 2.00 bits per heavy atom. The van der Waals surface area contributed by atoms with Gasteiger partial charge < -0.3 is 10.1 Å². The molecule has 0 bridgehead atoms. The zero-order chi connectivity index (χ0) is 12.6. The summed E-state index contributed by atoms with van der Waals surface area (Å²) in [5.74, 6) is 0.564. The Morgan fingerprint density at radius 3 is 2.44 bits per heavy atom. The van der Waals surface area contributed by atoms with Crippen LogP contribution in [-0.4, -0.2) is 22.9 Å². The van der Waals surface area contributed by atoms with Crippen LogP contribution in [0.25, 0.3) is 0 Å². The van der Waals surface area contributed by atoms with Gasteiger partial charge in [0.25, 0.3) is 0 Å². The number of hydrogen-bond acceptors (Lipinski definition) is 3. The maximum absolute atomic E-state index is 10.8. The summed E-state index contributed by atoms with van der Waals surface area (Å²) in [5, 5.41) is 2.37. The molecule has 0 aliphatic rings. The largest absolute Gasteiger partial charge is 0.692 e. The van der Waals surface area contributed by atoms with E-state index in [9.17, 15) is 4.79 Å². The van der Waals surface area contributed by atoms with E-state index in [4.69, 9.17) is 19.1 Å². The maximum Gasteiger partial charge on any atom is 0.692 e. The summed E-state index contributed by atoms with van der Waals surface area (Å²) >= 11 is 0. The lowest BCUT2D eigenvalue weighted by Gasteiger charge is -2.02. The lowest BCUT2D eigenvalue weighted by atomic mass is 10.2. The molecule has 0 saturated heterocycles. The quantitative estimate of drug-likeness (QED) is 0.650. The van der Waals surface area contributed by atoms with Crippen LogP contribution in [0.1, 0.15) is 5.56 Å².